The van der Waals surface area contributed by atoms with Gasteiger partial charge in [-0.15, -0.1) is 0 Å². The van der Waals surface area contributed by atoms with E-state index in [1.165, 1.54) is 6.20 Å². The van der Waals surface area contributed by atoms with Crippen molar-refractivity contribution in [1.29, 1.82) is 0 Å². The Balaban J connectivity index is 2.47. The van der Waals surface area contributed by atoms with E-state index in [9.17, 15) is 4.79 Å². The van der Waals surface area contributed by atoms with Gasteiger partial charge in [0.2, 0.25) is 5.82 Å². The lowest BCUT2D eigenvalue weighted by Gasteiger charge is -1.92. The first-order valence-electron chi connectivity index (χ1n) is 3.61. The van der Waals surface area contributed by atoms with E-state index in [0.29, 0.717) is 5.69 Å². The van der Waals surface area contributed by atoms with Crippen molar-refractivity contribution >= 4 is 0 Å². The number of aromatic amines is 1. The molecule has 0 radical (unpaired) electrons. The van der Waals surface area contributed by atoms with Crippen molar-refractivity contribution in [2.45, 2.75) is 6.92 Å². The van der Waals surface area contributed by atoms with E-state index < -0.39 is 5.76 Å². The Bertz CT molecular complexity index is 456. The molecule has 0 fully saturated rings. The van der Waals surface area contributed by atoms with Gasteiger partial charge >= 0.3 is 5.76 Å². The van der Waals surface area contributed by atoms with Crippen LogP contribution in [-0.4, -0.2) is 20.1 Å². The van der Waals surface area contributed by atoms with Crippen LogP contribution in [0.3, 0.4) is 0 Å². The quantitative estimate of drug-likeness (QED) is 0.670. The van der Waals surface area contributed by atoms with Crippen molar-refractivity contribution in [3.63, 3.8) is 0 Å². The molecule has 0 atom stereocenters. The van der Waals surface area contributed by atoms with Gasteiger partial charge in [-0.25, -0.2) is 9.78 Å². The number of hydrogen-bond acceptors (Lipinski definition) is 5. The van der Waals surface area contributed by atoms with E-state index >= 15 is 0 Å². The molecule has 1 N–H and O–H groups in total. The molecule has 2 aromatic rings. The summed E-state index contributed by atoms with van der Waals surface area (Å²) in [5.74, 6) is -0.310. The molecule has 13 heavy (non-hydrogen) atoms. The summed E-state index contributed by atoms with van der Waals surface area (Å²) in [6, 6.07) is 0. The standard InChI is InChI=1S/C7H6N4O2/c1-4-2-9-5(3-8-4)6-10-7(12)13-11-6/h2-3H,1H3,(H,10,11,12). The van der Waals surface area contributed by atoms with Crippen molar-refractivity contribution in [2.24, 2.45) is 0 Å². The first-order chi connectivity index (χ1) is 6.25. The maximum Gasteiger partial charge on any atom is 0.439 e. The number of hydrogen-bond donors (Lipinski definition) is 1. The van der Waals surface area contributed by atoms with Crippen molar-refractivity contribution in [3.8, 4) is 11.5 Å². The monoisotopic (exact) mass is 178 g/mol. The minimum atomic E-state index is -0.600. The molecule has 2 heterocycles. The summed E-state index contributed by atoms with van der Waals surface area (Å²) in [7, 11) is 0. The Hall–Kier alpha value is -1.98. The summed E-state index contributed by atoms with van der Waals surface area (Å²) < 4.78 is 4.32. The number of H-pyrrole nitrogens is 1. The van der Waals surface area contributed by atoms with E-state index in [4.69, 9.17) is 0 Å². The first-order valence-corrected chi connectivity index (χ1v) is 3.61. The van der Waals surface area contributed by atoms with E-state index in [1.54, 1.807) is 6.20 Å². The number of aryl methyl sites for hydroxylation is 1. The fourth-order valence-electron chi connectivity index (χ4n) is 0.855. The zero-order valence-corrected chi connectivity index (χ0v) is 6.81. The van der Waals surface area contributed by atoms with Gasteiger partial charge in [0.25, 0.3) is 0 Å². The van der Waals surface area contributed by atoms with Gasteiger partial charge in [-0.1, -0.05) is 5.16 Å². The number of rotatable bonds is 1. The molecule has 0 spiro atoms. The number of nitrogens with zero attached hydrogens (tertiary/aromatic N) is 3. The highest BCUT2D eigenvalue weighted by molar-refractivity contribution is 5.45. The fourth-order valence-corrected chi connectivity index (χ4v) is 0.855. The summed E-state index contributed by atoms with van der Waals surface area (Å²) >= 11 is 0. The van der Waals surface area contributed by atoms with Crippen molar-refractivity contribution < 1.29 is 4.52 Å². The highest BCUT2D eigenvalue weighted by Gasteiger charge is 2.04. The average Bonchev–Trinajstić information content (AvgIpc) is 2.53. The fraction of sp³-hybridized carbons (Fsp3) is 0.143. The second kappa shape index (κ2) is 2.81. The molecule has 0 unspecified atom stereocenters. The van der Waals surface area contributed by atoms with E-state index in [1.807, 2.05) is 6.92 Å². The summed E-state index contributed by atoms with van der Waals surface area (Å²) in [4.78, 5) is 21.0. The predicted molar refractivity (Wildman–Crippen MR) is 42.9 cm³/mol. The Morgan fingerprint density at radius 1 is 1.38 bits per heavy atom. The zero-order valence-electron chi connectivity index (χ0n) is 6.81. The van der Waals surface area contributed by atoms with Crippen molar-refractivity contribution in [1.82, 2.24) is 20.1 Å². The van der Waals surface area contributed by atoms with Crippen LogP contribution in [0.5, 0.6) is 0 Å². The van der Waals surface area contributed by atoms with Crippen LogP contribution in [0, 0.1) is 6.92 Å². The number of aromatic nitrogens is 4. The lowest BCUT2D eigenvalue weighted by atomic mass is 10.4. The molecule has 6 heteroatoms. The van der Waals surface area contributed by atoms with Crippen LogP contribution < -0.4 is 5.76 Å². The highest BCUT2D eigenvalue weighted by Crippen LogP contribution is 2.06. The first kappa shape index (κ1) is 7.66. The highest BCUT2D eigenvalue weighted by atomic mass is 16.5. The topological polar surface area (TPSA) is 84.7 Å². The average molecular weight is 178 g/mol. The molecule has 66 valence electrons. The molecule has 0 aliphatic rings. The third kappa shape index (κ3) is 1.46. The lowest BCUT2D eigenvalue weighted by Crippen LogP contribution is -1.96. The van der Waals surface area contributed by atoms with E-state index in [-0.39, 0.29) is 5.82 Å². The Labute approximate surface area is 72.6 Å². The van der Waals surface area contributed by atoms with E-state index in [0.717, 1.165) is 5.69 Å². The molecular formula is C7H6N4O2. The molecule has 2 aromatic heterocycles. The van der Waals surface area contributed by atoms with Gasteiger partial charge in [0.15, 0.2) is 0 Å². The smallest absolute Gasteiger partial charge is 0.296 e. The number of nitrogens with one attached hydrogen (secondary N) is 1. The van der Waals surface area contributed by atoms with Crippen LogP contribution in [0.2, 0.25) is 0 Å². The molecule has 0 aliphatic carbocycles. The molecule has 0 aromatic carbocycles. The van der Waals surface area contributed by atoms with Crippen LogP contribution in [0.25, 0.3) is 11.5 Å². The molecule has 0 saturated heterocycles. The zero-order chi connectivity index (χ0) is 9.26. The molecule has 0 amide bonds. The third-order valence-corrected chi connectivity index (χ3v) is 1.46. The van der Waals surface area contributed by atoms with Crippen LogP contribution in [-0.2, 0) is 0 Å². The second-order valence-electron chi connectivity index (χ2n) is 2.49. The van der Waals surface area contributed by atoms with Crippen LogP contribution >= 0.6 is 0 Å². The van der Waals surface area contributed by atoms with Crippen molar-refractivity contribution in [3.05, 3.63) is 28.6 Å². The van der Waals surface area contributed by atoms with Crippen molar-refractivity contribution in [2.75, 3.05) is 0 Å². The SMILES string of the molecule is Cc1cnc(-c2noc(=O)[nH]2)cn1. The maximum absolute atomic E-state index is 10.6. The van der Waals surface area contributed by atoms with Gasteiger partial charge in [-0.2, -0.15) is 0 Å². The second-order valence-corrected chi connectivity index (χ2v) is 2.49. The Kier molecular flexibility index (Phi) is 1.66. The van der Waals surface area contributed by atoms with Crippen LogP contribution in [0.1, 0.15) is 5.69 Å². The molecule has 0 saturated carbocycles. The third-order valence-electron chi connectivity index (χ3n) is 1.46. The van der Waals surface area contributed by atoms with Gasteiger partial charge < -0.3 is 0 Å². The summed E-state index contributed by atoms with van der Waals surface area (Å²) in [5, 5.41) is 3.47. The van der Waals surface area contributed by atoms with Crippen LogP contribution in [0.4, 0.5) is 0 Å². The van der Waals surface area contributed by atoms with Gasteiger partial charge in [0.05, 0.1) is 11.9 Å². The molecule has 0 aliphatic heterocycles. The molecule has 6 nitrogen and oxygen atoms in total. The molecule has 2 rings (SSSR count). The lowest BCUT2D eigenvalue weighted by molar-refractivity contribution is 0.387. The Morgan fingerprint density at radius 2 is 2.23 bits per heavy atom. The normalized spacial score (nSPS) is 10.2. The van der Waals surface area contributed by atoms with Gasteiger partial charge in [0, 0.05) is 6.20 Å². The summed E-state index contributed by atoms with van der Waals surface area (Å²) in [6.07, 6.45) is 3.10. The Morgan fingerprint density at radius 3 is 2.77 bits per heavy atom. The van der Waals surface area contributed by atoms with Gasteiger partial charge in [-0.3, -0.25) is 14.5 Å². The molecular weight excluding hydrogens is 172 g/mol. The van der Waals surface area contributed by atoms with E-state index in [2.05, 4.69) is 24.6 Å². The van der Waals surface area contributed by atoms with Crippen LogP contribution in [0.15, 0.2) is 21.7 Å². The molecule has 0 bridgehead atoms. The predicted octanol–water partition coefficient (Wildman–Crippen LogP) is 0.128. The van der Waals surface area contributed by atoms with Gasteiger partial charge in [-0.05, 0) is 6.92 Å². The summed E-state index contributed by atoms with van der Waals surface area (Å²) in [5.41, 5.74) is 1.28. The minimum absolute atomic E-state index is 0.289. The van der Waals surface area contributed by atoms with Gasteiger partial charge in [0.1, 0.15) is 5.69 Å². The maximum atomic E-state index is 10.6. The minimum Gasteiger partial charge on any atom is -0.296 e. The summed E-state index contributed by atoms with van der Waals surface area (Å²) in [6.45, 7) is 1.82. The largest absolute Gasteiger partial charge is 0.439 e.